The molecule has 24 heavy (non-hydrogen) atoms. The summed E-state index contributed by atoms with van der Waals surface area (Å²) in [5.41, 5.74) is 2.50. The van der Waals surface area contributed by atoms with Gasteiger partial charge in [0.15, 0.2) is 0 Å². The van der Waals surface area contributed by atoms with Crippen molar-refractivity contribution < 1.29 is 4.79 Å². The maximum absolute atomic E-state index is 12.0. The van der Waals surface area contributed by atoms with Gasteiger partial charge in [-0.25, -0.2) is 4.79 Å². The van der Waals surface area contributed by atoms with E-state index in [0.717, 1.165) is 19.5 Å². The lowest BCUT2D eigenvalue weighted by molar-refractivity contribution is 0.250. The molecule has 3 rings (SSSR count). The summed E-state index contributed by atoms with van der Waals surface area (Å²) in [6.07, 6.45) is 1.08. The van der Waals surface area contributed by atoms with Gasteiger partial charge in [-0.3, -0.25) is 0 Å². The Labute approximate surface area is 141 Å². The highest BCUT2D eigenvalue weighted by atomic mass is 16.2. The van der Waals surface area contributed by atoms with Crippen LogP contribution in [0.1, 0.15) is 12.0 Å². The molecule has 0 saturated carbocycles. The average Bonchev–Trinajstić information content (AvgIpc) is 3.10. The Hall–Kier alpha value is -3.00. The molecule has 1 aliphatic rings. The molecule has 1 aliphatic heterocycles. The lowest BCUT2D eigenvalue weighted by Crippen LogP contribution is -2.34. The predicted octanol–water partition coefficient (Wildman–Crippen LogP) is 3.21. The molecule has 0 unspecified atom stereocenters. The molecule has 1 saturated heterocycles. The fourth-order valence-electron chi connectivity index (χ4n) is 2.91. The van der Waals surface area contributed by atoms with Crippen molar-refractivity contribution in [2.45, 2.75) is 6.42 Å². The van der Waals surface area contributed by atoms with Gasteiger partial charge in [-0.05, 0) is 48.7 Å². The Morgan fingerprint density at radius 1 is 1.17 bits per heavy atom. The molecule has 1 fully saturated rings. The maximum Gasteiger partial charge on any atom is 0.319 e. The Balaban J connectivity index is 1.44. The zero-order valence-electron chi connectivity index (χ0n) is 13.4. The summed E-state index contributed by atoms with van der Waals surface area (Å²) in [5.74, 6) is 0.455. The number of nitrogens with one attached hydrogen (secondary N) is 2. The summed E-state index contributed by atoms with van der Waals surface area (Å²) in [6.45, 7) is 2.64. The van der Waals surface area contributed by atoms with Gasteiger partial charge in [-0.15, -0.1) is 0 Å². The van der Waals surface area contributed by atoms with E-state index in [-0.39, 0.29) is 6.03 Å². The quantitative estimate of drug-likeness (QED) is 0.909. The number of hydrogen-bond donors (Lipinski definition) is 2. The van der Waals surface area contributed by atoms with Gasteiger partial charge in [-0.1, -0.05) is 18.2 Å². The van der Waals surface area contributed by atoms with Crippen LogP contribution in [-0.2, 0) is 0 Å². The number of carbonyl (C=O) groups is 1. The van der Waals surface area contributed by atoms with Crippen molar-refractivity contribution in [2.24, 2.45) is 5.92 Å². The molecule has 2 N–H and O–H groups in total. The molecule has 1 heterocycles. The van der Waals surface area contributed by atoms with Gasteiger partial charge in [0.05, 0.1) is 11.6 Å². The van der Waals surface area contributed by atoms with Crippen LogP contribution in [0.2, 0.25) is 0 Å². The van der Waals surface area contributed by atoms with Crippen LogP contribution in [0, 0.1) is 17.2 Å². The minimum atomic E-state index is -0.210. The van der Waals surface area contributed by atoms with Gasteiger partial charge in [0.1, 0.15) is 0 Å². The van der Waals surface area contributed by atoms with E-state index in [1.54, 1.807) is 24.3 Å². The zero-order valence-corrected chi connectivity index (χ0v) is 13.4. The van der Waals surface area contributed by atoms with Crippen LogP contribution < -0.4 is 15.5 Å². The summed E-state index contributed by atoms with van der Waals surface area (Å²) in [4.78, 5) is 14.3. The van der Waals surface area contributed by atoms with Crippen molar-refractivity contribution in [3.05, 3.63) is 60.2 Å². The number of nitriles is 1. The van der Waals surface area contributed by atoms with Crippen molar-refractivity contribution in [2.75, 3.05) is 29.9 Å². The highest BCUT2D eigenvalue weighted by Gasteiger charge is 2.22. The molecular formula is C19H20N4O. The van der Waals surface area contributed by atoms with Crippen LogP contribution in [0.25, 0.3) is 0 Å². The Bertz CT molecular complexity index is 721. The lowest BCUT2D eigenvalue weighted by Gasteiger charge is -2.18. The molecule has 5 nitrogen and oxygen atoms in total. The summed E-state index contributed by atoms with van der Waals surface area (Å²) in [7, 11) is 0. The van der Waals surface area contributed by atoms with Gasteiger partial charge in [0.25, 0.3) is 0 Å². The summed E-state index contributed by atoms with van der Waals surface area (Å²) in [6, 6.07) is 19.0. The lowest BCUT2D eigenvalue weighted by atomic mass is 10.1. The smallest absolute Gasteiger partial charge is 0.319 e. The molecule has 1 atom stereocenters. The predicted molar refractivity (Wildman–Crippen MR) is 94.9 cm³/mol. The summed E-state index contributed by atoms with van der Waals surface area (Å²) < 4.78 is 0. The van der Waals surface area contributed by atoms with Crippen molar-refractivity contribution >= 4 is 17.4 Å². The Morgan fingerprint density at radius 2 is 1.92 bits per heavy atom. The van der Waals surface area contributed by atoms with E-state index in [1.165, 1.54) is 5.69 Å². The number of para-hydroxylation sites is 1. The number of nitrogens with zero attached hydrogens (tertiary/aromatic N) is 2. The summed E-state index contributed by atoms with van der Waals surface area (Å²) in [5, 5.41) is 14.5. The third kappa shape index (κ3) is 4.05. The SMILES string of the molecule is N#Cc1ccc(NC(=O)NC[C@H]2CCN(c3ccccc3)C2)cc1. The summed E-state index contributed by atoms with van der Waals surface area (Å²) >= 11 is 0. The first kappa shape index (κ1) is 15.9. The molecular weight excluding hydrogens is 300 g/mol. The minimum absolute atomic E-state index is 0.210. The maximum atomic E-state index is 12.0. The van der Waals surface area contributed by atoms with Crippen molar-refractivity contribution in [3.8, 4) is 6.07 Å². The zero-order chi connectivity index (χ0) is 16.8. The van der Waals surface area contributed by atoms with Crippen LogP contribution >= 0.6 is 0 Å². The third-order valence-electron chi connectivity index (χ3n) is 4.23. The average molecular weight is 320 g/mol. The first-order valence-corrected chi connectivity index (χ1v) is 8.09. The van der Waals surface area contributed by atoms with Crippen molar-refractivity contribution in [1.29, 1.82) is 5.26 Å². The highest BCUT2D eigenvalue weighted by Crippen LogP contribution is 2.22. The molecule has 5 heteroatoms. The van der Waals surface area contributed by atoms with E-state index < -0.39 is 0 Å². The number of amides is 2. The Kier molecular flexibility index (Phi) is 4.97. The Morgan fingerprint density at radius 3 is 2.62 bits per heavy atom. The van der Waals surface area contributed by atoms with Crippen LogP contribution in [0.4, 0.5) is 16.2 Å². The number of rotatable bonds is 4. The topological polar surface area (TPSA) is 68.2 Å². The first-order chi connectivity index (χ1) is 11.7. The van der Waals surface area contributed by atoms with Crippen LogP contribution in [0.15, 0.2) is 54.6 Å². The van der Waals surface area contributed by atoms with Gasteiger partial charge in [-0.2, -0.15) is 5.26 Å². The largest absolute Gasteiger partial charge is 0.371 e. The number of anilines is 2. The molecule has 2 aromatic rings. The number of hydrogen-bond acceptors (Lipinski definition) is 3. The molecule has 0 radical (unpaired) electrons. The van der Waals surface area contributed by atoms with E-state index in [9.17, 15) is 4.79 Å². The molecule has 0 aromatic heterocycles. The fraction of sp³-hybridized carbons (Fsp3) is 0.263. The van der Waals surface area contributed by atoms with E-state index in [4.69, 9.17) is 5.26 Å². The van der Waals surface area contributed by atoms with Crippen molar-refractivity contribution in [3.63, 3.8) is 0 Å². The van der Waals surface area contributed by atoms with Gasteiger partial charge in [0, 0.05) is 31.0 Å². The highest BCUT2D eigenvalue weighted by molar-refractivity contribution is 5.89. The minimum Gasteiger partial charge on any atom is -0.371 e. The molecule has 2 aromatic carbocycles. The normalized spacial score (nSPS) is 16.5. The van der Waals surface area contributed by atoms with Gasteiger partial charge in [0.2, 0.25) is 0 Å². The van der Waals surface area contributed by atoms with Crippen molar-refractivity contribution in [1.82, 2.24) is 5.32 Å². The number of urea groups is 1. The monoisotopic (exact) mass is 320 g/mol. The molecule has 0 spiro atoms. The number of benzene rings is 2. The van der Waals surface area contributed by atoms with E-state index >= 15 is 0 Å². The second-order valence-corrected chi connectivity index (χ2v) is 5.96. The molecule has 0 aliphatic carbocycles. The molecule has 122 valence electrons. The van der Waals surface area contributed by atoms with E-state index in [0.29, 0.717) is 23.7 Å². The standard InChI is InChI=1S/C19H20N4O/c20-12-15-6-8-17(9-7-15)22-19(24)21-13-16-10-11-23(14-16)18-4-2-1-3-5-18/h1-9,16H,10-11,13-14H2,(H2,21,22,24)/t16-/m1/s1. The van der Waals surface area contributed by atoms with Gasteiger partial charge < -0.3 is 15.5 Å². The third-order valence-corrected chi connectivity index (χ3v) is 4.23. The number of carbonyl (C=O) groups excluding carboxylic acids is 1. The van der Waals surface area contributed by atoms with Crippen LogP contribution in [0.3, 0.4) is 0 Å². The van der Waals surface area contributed by atoms with Gasteiger partial charge >= 0.3 is 6.03 Å². The fourth-order valence-corrected chi connectivity index (χ4v) is 2.91. The van der Waals surface area contributed by atoms with Crippen LogP contribution in [-0.4, -0.2) is 25.7 Å². The molecule has 0 bridgehead atoms. The second-order valence-electron chi connectivity index (χ2n) is 5.96. The molecule has 2 amide bonds. The first-order valence-electron chi connectivity index (χ1n) is 8.09. The van der Waals surface area contributed by atoms with Crippen LogP contribution in [0.5, 0.6) is 0 Å². The van der Waals surface area contributed by atoms with E-state index in [2.05, 4.69) is 33.7 Å². The van der Waals surface area contributed by atoms with E-state index in [1.807, 2.05) is 18.2 Å². The second kappa shape index (κ2) is 7.51.